The number of rotatable bonds is 7. The Labute approximate surface area is 146 Å². The van der Waals surface area contributed by atoms with Crippen molar-refractivity contribution in [2.75, 3.05) is 33.4 Å². The molecule has 0 spiro atoms. The van der Waals surface area contributed by atoms with Gasteiger partial charge in [0.2, 0.25) is 5.91 Å². The number of likely N-dealkylation sites (tertiary alicyclic amines) is 1. The third-order valence-electron chi connectivity index (χ3n) is 4.98. The maximum atomic E-state index is 13.0. The maximum Gasteiger partial charge on any atom is 0.226 e. The Morgan fingerprint density at radius 1 is 1.25 bits per heavy atom. The van der Waals surface area contributed by atoms with Gasteiger partial charge in [-0.3, -0.25) is 4.79 Å². The molecular weight excluding hydrogens is 300 g/mol. The number of nitrogens with zero attached hydrogens (tertiary/aromatic N) is 2. The Hall–Kier alpha value is -1.39. The van der Waals surface area contributed by atoms with Crippen LogP contribution in [0.3, 0.4) is 0 Å². The Morgan fingerprint density at radius 3 is 2.42 bits per heavy atom. The van der Waals surface area contributed by atoms with E-state index >= 15 is 0 Å². The highest BCUT2D eigenvalue weighted by atomic mass is 16.5. The summed E-state index contributed by atoms with van der Waals surface area (Å²) in [6.45, 7) is 10.5. The molecule has 0 aliphatic carbocycles. The smallest absolute Gasteiger partial charge is 0.226 e. The van der Waals surface area contributed by atoms with Crippen molar-refractivity contribution < 1.29 is 9.53 Å². The van der Waals surface area contributed by atoms with Gasteiger partial charge >= 0.3 is 0 Å². The van der Waals surface area contributed by atoms with Crippen molar-refractivity contribution in [2.24, 2.45) is 5.92 Å². The van der Waals surface area contributed by atoms with Gasteiger partial charge in [-0.15, -0.1) is 0 Å². The highest BCUT2D eigenvalue weighted by Crippen LogP contribution is 2.22. The average Bonchev–Trinajstić information content (AvgIpc) is 2.59. The molecule has 1 amide bonds. The summed E-state index contributed by atoms with van der Waals surface area (Å²) in [5, 5.41) is 0. The number of hydrogen-bond acceptors (Lipinski definition) is 3. The average molecular weight is 332 g/mol. The fourth-order valence-corrected chi connectivity index (χ4v) is 3.30. The highest BCUT2D eigenvalue weighted by Gasteiger charge is 2.29. The van der Waals surface area contributed by atoms with Gasteiger partial charge < -0.3 is 14.5 Å². The van der Waals surface area contributed by atoms with E-state index in [0.717, 1.165) is 25.9 Å². The molecule has 0 atom stereocenters. The van der Waals surface area contributed by atoms with Crippen molar-refractivity contribution in [3.63, 3.8) is 0 Å². The zero-order valence-electron chi connectivity index (χ0n) is 15.6. The summed E-state index contributed by atoms with van der Waals surface area (Å²) in [6, 6.07) is 9.01. The first-order valence-electron chi connectivity index (χ1n) is 9.08. The number of ether oxygens (including phenoxy) is 1. The Bertz CT molecular complexity index is 505. The number of carbonyl (C=O) groups excluding carboxylic acids is 1. The number of benzene rings is 1. The van der Waals surface area contributed by atoms with Crippen molar-refractivity contribution in [1.82, 2.24) is 9.80 Å². The first-order chi connectivity index (χ1) is 11.5. The first-order valence-corrected chi connectivity index (χ1v) is 9.08. The molecule has 0 saturated carbocycles. The number of carbonyl (C=O) groups is 1. The van der Waals surface area contributed by atoms with E-state index in [4.69, 9.17) is 4.74 Å². The van der Waals surface area contributed by atoms with Gasteiger partial charge in [0.1, 0.15) is 0 Å². The van der Waals surface area contributed by atoms with E-state index < -0.39 is 0 Å². The summed E-state index contributed by atoms with van der Waals surface area (Å²) in [5.41, 5.74) is 2.43. The molecule has 1 heterocycles. The van der Waals surface area contributed by atoms with Crippen LogP contribution in [-0.4, -0.2) is 55.1 Å². The van der Waals surface area contributed by atoms with E-state index in [0.29, 0.717) is 25.7 Å². The standard InChI is InChI=1S/C20H32N2O2/c1-16(2)21-11-9-19(10-12-21)20(23)22(13-14-24-4)15-18-7-5-17(3)6-8-18/h5-8,16,19H,9-15H2,1-4H3. The van der Waals surface area contributed by atoms with E-state index in [1.165, 1.54) is 11.1 Å². The monoisotopic (exact) mass is 332 g/mol. The molecule has 0 radical (unpaired) electrons. The largest absolute Gasteiger partial charge is 0.383 e. The number of piperidine rings is 1. The first kappa shape index (κ1) is 18.9. The molecular formula is C20H32N2O2. The molecule has 4 heteroatoms. The second-order valence-electron chi connectivity index (χ2n) is 7.14. The van der Waals surface area contributed by atoms with Crippen LogP contribution < -0.4 is 0 Å². The van der Waals surface area contributed by atoms with Gasteiger partial charge in [0, 0.05) is 32.2 Å². The van der Waals surface area contributed by atoms with E-state index in [9.17, 15) is 4.79 Å². The van der Waals surface area contributed by atoms with Crippen LogP contribution in [0.1, 0.15) is 37.8 Å². The zero-order chi connectivity index (χ0) is 17.5. The van der Waals surface area contributed by atoms with Crippen LogP contribution in [0.15, 0.2) is 24.3 Å². The minimum Gasteiger partial charge on any atom is -0.383 e. The zero-order valence-corrected chi connectivity index (χ0v) is 15.6. The molecule has 1 aromatic rings. The SMILES string of the molecule is COCCN(Cc1ccc(C)cc1)C(=O)C1CCN(C(C)C)CC1. The van der Waals surface area contributed by atoms with E-state index in [1.807, 2.05) is 4.90 Å². The summed E-state index contributed by atoms with van der Waals surface area (Å²) in [6.07, 6.45) is 1.93. The molecule has 1 aromatic carbocycles. The van der Waals surface area contributed by atoms with Gasteiger partial charge in [-0.2, -0.15) is 0 Å². The number of amides is 1. The third-order valence-corrected chi connectivity index (χ3v) is 4.98. The number of aryl methyl sites for hydroxylation is 1. The van der Waals surface area contributed by atoms with Crippen molar-refractivity contribution in [1.29, 1.82) is 0 Å². The fraction of sp³-hybridized carbons (Fsp3) is 0.650. The molecule has 1 saturated heterocycles. The molecule has 1 aliphatic rings. The lowest BCUT2D eigenvalue weighted by Crippen LogP contribution is -2.45. The normalized spacial score (nSPS) is 16.5. The van der Waals surface area contributed by atoms with Crippen LogP contribution in [0, 0.1) is 12.8 Å². The lowest BCUT2D eigenvalue weighted by Gasteiger charge is -2.36. The summed E-state index contributed by atoms with van der Waals surface area (Å²) in [4.78, 5) is 17.4. The summed E-state index contributed by atoms with van der Waals surface area (Å²) in [7, 11) is 1.69. The van der Waals surface area contributed by atoms with Crippen molar-refractivity contribution in [2.45, 2.75) is 46.2 Å². The van der Waals surface area contributed by atoms with E-state index in [-0.39, 0.29) is 11.8 Å². The lowest BCUT2D eigenvalue weighted by molar-refractivity contribution is -0.138. The van der Waals surface area contributed by atoms with Crippen LogP contribution in [0.2, 0.25) is 0 Å². The second kappa shape index (κ2) is 9.19. The topological polar surface area (TPSA) is 32.8 Å². The van der Waals surface area contributed by atoms with Gasteiger partial charge in [0.25, 0.3) is 0 Å². The minimum atomic E-state index is 0.155. The second-order valence-corrected chi connectivity index (χ2v) is 7.14. The van der Waals surface area contributed by atoms with Crippen LogP contribution in [0.5, 0.6) is 0 Å². The lowest BCUT2D eigenvalue weighted by atomic mass is 9.94. The van der Waals surface area contributed by atoms with Crippen LogP contribution in [0.25, 0.3) is 0 Å². The van der Waals surface area contributed by atoms with Gasteiger partial charge in [-0.1, -0.05) is 29.8 Å². The van der Waals surface area contributed by atoms with Crippen LogP contribution in [-0.2, 0) is 16.1 Å². The summed E-state index contributed by atoms with van der Waals surface area (Å²) >= 11 is 0. The van der Waals surface area contributed by atoms with Gasteiger partial charge in [0.15, 0.2) is 0 Å². The molecule has 1 fully saturated rings. The van der Waals surface area contributed by atoms with Crippen molar-refractivity contribution in [3.05, 3.63) is 35.4 Å². The maximum absolute atomic E-state index is 13.0. The van der Waals surface area contributed by atoms with E-state index in [1.54, 1.807) is 7.11 Å². The van der Waals surface area contributed by atoms with Crippen LogP contribution in [0.4, 0.5) is 0 Å². The Kier molecular flexibility index (Phi) is 7.25. The molecule has 0 bridgehead atoms. The fourth-order valence-electron chi connectivity index (χ4n) is 3.30. The van der Waals surface area contributed by atoms with Gasteiger partial charge in [-0.05, 0) is 52.3 Å². The summed E-state index contributed by atoms with van der Waals surface area (Å²) < 4.78 is 5.21. The molecule has 0 unspecified atom stereocenters. The molecule has 0 aromatic heterocycles. The van der Waals surface area contributed by atoms with Crippen molar-refractivity contribution >= 4 is 5.91 Å². The van der Waals surface area contributed by atoms with Crippen molar-refractivity contribution in [3.8, 4) is 0 Å². The Balaban J connectivity index is 1.98. The third kappa shape index (κ3) is 5.32. The quantitative estimate of drug-likeness (QED) is 0.769. The summed E-state index contributed by atoms with van der Waals surface area (Å²) in [5.74, 6) is 0.443. The van der Waals surface area contributed by atoms with E-state index in [2.05, 4.69) is 49.9 Å². The predicted molar refractivity (Wildman–Crippen MR) is 97.9 cm³/mol. The minimum absolute atomic E-state index is 0.155. The van der Waals surface area contributed by atoms with Gasteiger partial charge in [0.05, 0.1) is 6.61 Å². The highest BCUT2D eigenvalue weighted by molar-refractivity contribution is 5.79. The number of hydrogen-bond donors (Lipinski definition) is 0. The molecule has 24 heavy (non-hydrogen) atoms. The molecule has 134 valence electrons. The van der Waals surface area contributed by atoms with Crippen LogP contribution >= 0.6 is 0 Å². The van der Waals surface area contributed by atoms with Gasteiger partial charge in [-0.25, -0.2) is 0 Å². The Morgan fingerprint density at radius 2 is 1.88 bits per heavy atom. The molecule has 1 aliphatic heterocycles. The molecule has 4 nitrogen and oxygen atoms in total. The molecule has 0 N–H and O–H groups in total. The number of methoxy groups -OCH3 is 1. The molecule has 2 rings (SSSR count). The predicted octanol–water partition coefficient (Wildman–Crippen LogP) is 3.09.